The van der Waals surface area contributed by atoms with Gasteiger partial charge in [0, 0.05) is 42.5 Å². The van der Waals surface area contributed by atoms with Gasteiger partial charge in [-0.15, -0.1) is 6.42 Å². The second kappa shape index (κ2) is 9.73. The molecular formula is C37H35F3N6O2. The lowest BCUT2D eigenvalue weighted by atomic mass is 9.78. The summed E-state index contributed by atoms with van der Waals surface area (Å²) < 4.78 is 59.3. The largest absolute Gasteiger partial charge is 0.461 e. The molecule has 11 heteroatoms. The second-order valence-electron chi connectivity index (χ2n) is 15.0. The zero-order valence-corrected chi connectivity index (χ0v) is 26.4. The summed E-state index contributed by atoms with van der Waals surface area (Å²) in [7, 11) is 0. The number of halogens is 3. The molecule has 246 valence electrons. The van der Waals surface area contributed by atoms with Gasteiger partial charge in [-0.1, -0.05) is 12.0 Å². The van der Waals surface area contributed by atoms with Crippen molar-refractivity contribution in [2.75, 3.05) is 43.5 Å². The van der Waals surface area contributed by atoms with E-state index in [-0.39, 0.29) is 39.3 Å². The van der Waals surface area contributed by atoms with Gasteiger partial charge in [-0.3, -0.25) is 9.88 Å². The van der Waals surface area contributed by atoms with Crippen LogP contribution in [0.3, 0.4) is 0 Å². The number of aromatic nitrogens is 3. The van der Waals surface area contributed by atoms with Crippen molar-refractivity contribution in [2.24, 2.45) is 10.8 Å². The maximum absolute atomic E-state index is 17.0. The summed E-state index contributed by atoms with van der Waals surface area (Å²) in [6.45, 7) is 3.51. The summed E-state index contributed by atoms with van der Waals surface area (Å²) in [6, 6.07) is 5.55. The molecule has 0 amide bonds. The van der Waals surface area contributed by atoms with Crippen LogP contribution in [0.1, 0.15) is 50.5 Å². The topological polar surface area (TPSA) is 89.6 Å². The van der Waals surface area contributed by atoms with Crippen LogP contribution in [0.25, 0.3) is 32.9 Å². The lowest BCUT2D eigenvalue weighted by Gasteiger charge is -2.37. The standard InChI is InChI=1S/C37H35F3N6O2/c1-2-22-25(38)5-4-20-14-21(41)15-23(26(20)22)29-27(39)30-24(16-42-29)33(46-11-3-13-47-32-28(40)31(32)46)44-34(43-30)48-19-37-17-35(6-7-35)18-45(37)12-10-36(37)8-9-36/h1,4-5,14-16,28,31-32H,3,6-13,17-19,41H2/t28-,31-,32+,37+/m1/s1. The number of nitrogen functional groups attached to an aromatic ring is 1. The molecule has 3 aliphatic carbocycles. The van der Waals surface area contributed by atoms with Crippen LogP contribution < -0.4 is 15.4 Å². The molecular weight excluding hydrogens is 617 g/mol. The van der Waals surface area contributed by atoms with Gasteiger partial charge in [0.2, 0.25) is 0 Å². The van der Waals surface area contributed by atoms with Gasteiger partial charge in [-0.25, -0.2) is 13.2 Å². The third-order valence-electron chi connectivity index (χ3n) is 12.4. The predicted octanol–water partition coefficient (Wildman–Crippen LogP) is 5.79. The highest BCUT2D eigenvalue weighted by atomic mass is 19.1. The Morgan fingerprint density at radius 1 is 1.10 bits per heavy atom. The Morgan fingerprint density at radius 3 is 2.75 bits per heavy atom. The van der Waals surface area contributed by atoms with Gasteiger partial charge in [0.1, 0.15) is 35.6 Å². The molecule has 6 fully saturated rings. The van der Waals surface area contributed by atoms with E-state index >= 15 is 8.78 Å². The number of pyridine rings is 1. The molecule has 4 atom stereocenters. The van der Waals surface area contributed by atoms with E-state index in [1.165, 1.54) is 44.4 Å². The molecule has 10 rings (SSSR count). The van der Waals surface area contributed by atoms with Crippen LogP contribution in [0.5, 0.6) is 6.01 Å². The number of hydrogen-bond donors (Lipinski definition) is 1. The Bertz CT molecular complexity index is 2090. The second-order valence-corrected chi connectivity index (χ2v) is 15.0. The van der Waals surface area contributed by atoms with E-state index in [2.05, 4.69) is 20.8 Å². The lowest BCUT2D eigenvalue weighted by molar-refractivity contribution is 0.0640. The quantitative estimate of drug-likeness (QED) is 0.214. The Hall–Kier alpha value is -4.14. The maximum Gasteiger partial charge on any atom is 0.319 e. The molecule has 3 saturated heterocycles. The van der Waals surface area contributed by atoms with Crippen molar-refractivity contribution in [3.05, 3.63) is 47.7 Å². The number of nitrogens with zero attached hydrogens (tertiary/aromatic N) is 5. The van der Waals surface area contributed by atoms with Crippen molar-refractivity contribution in [1.82, 2.24) is 19.9 Å². The van der Waals surface area contributed by atoms with E-state index in [1.54, 1.807) is 18.2 Å². The van der Waals surface area contributed by atoms with Crippen molar-refractivity contribution < 1.29 is 22.6 Å². The summed E-state index contributed by atoms with van der Waals surface area (Å²) in [4.78, 5) is 18.6. The Labute approximate surface area is 275 Å². The fourth-order valence-electron chi connectivity index (χ4n) is 9.51. The van der Waals surface area contributed by atoms with Crippen LogP contribution in [-0.2, 0) is 4.74 Å². The number of benzene rings is 2. The third-order valence-corrected chi connectivity index (χ3v) is 12.4. The first kappa shape index (κ1) is 28.8. The molecule has 8 nitrogen and oxygen atoms in total. The number of fused-ring (bicyclic) bond motifs is 5. The highest BCUT2D eigenvalue weighted by Crippen LogP contribution is 2.72. The number of nitrogens with two attached hydrogens (primary N) is 1. The molecule has 0 bridgehead atoms. The van der Waals surface area contributed by atoms with Crippen LogP contribution in [0.15, 0.2) is 30.5 Å². The van der Waals surface area contributed by atoms with E-state index in [4.69, 9.17) is 26.6 Å². The minimum atomic E-state index is -1.18. The molecule has 2 spiro atoms. The molecule has 2 aromatic carbocycles. The summed E-state index contributed by atoms with van der Waals surface area (Å²) in [6.07, 6.45) is 13.3. The van der Waals surface area contributed by atoms with Crippen LogP contribution in [0, 0.1) is 34.8 Å². The molecule has 6 aliphatic rings. The summed E-state index contributed by atoms with van der Waals surface area (Å²) >= 11 is 0. The first-order valence-corrected chi connectivity index (χ1v) is 17.0. The average Bonchev–Trinajstić information content (AvgIpc) is 4.01. The molecule has 48 heavy (non-hydrogen) atoms. The van der Waals surface area contributed by atoms with E-state index in [9.17, 15) is 4.39 Å². The third kappa shape index (κ3) is 3.96. The normalized spacial score (nSPS) is 29.2. The monoisotopic (exact) mass is 652 g/mol. The maximum atomic E-state index is 17.0. The molecule has 3 saturated carbocycles. The lowest BCUT2D eigenvalue weighted by Crippen LogP contribution is -2.49. The number of alkyl halides is 1. The highest BCUT2D eigenvalue weighted by molar-refractivity contribution is 6.03. The van der Waals surface area contributed by atoms with Gasteiger partial charge in [0.25, 0.3) is 0 Å². The molecule has 3 aliphatic heterocycles. The van der Waals surface area contributed by atoms with Crippen molar-refractivity contribution in [2.45, 2.75) is 68.8 Å². The summed E-state index contributed by atoms with van der Waals surface area (Å²) in [5, 5.41) is 1.22. The Balaban J connectivity index is 1.13. The van der Waals surface area contributed by atoms with Gasteiger partial charge >= 0.3 is 6.01 Å². The van der Waals surface area contributed by atoms with Gasteiger partial charge < -0.3 is 20.1 Å². The fourth-order valence-corrected chi connectivity index (χ4v) is 9.51. The smallest absolute Gasteiger partial charge is 0.319 e. The number of rotatable bonds is 5. The van der Waals surface area contributed by atoms with Gasteiger partial charge in [0.05, 0.1) is 22.5 Å². The highest BCUT2D eigenvalue weighted by Gasteiger charge is 2.72. The van der Waals surface area contributed by atoms with E-state index < -0.39 is 30.0 Å². The summed E-state index contributed by atoms with van der Waals surface area (Å²) in [5.41, 5.74) is 7.31. The zero-order chi connectivity index (χ0) is 32.6. The number of hydrogen-bond acceptors (Lipinski definition) is 8. The fraction of sp³-hybridized carbons (Fsp3) is 0.486. The number of terminal acetylenes is 1. The number of ether oxygens (including phenoxy) is 2. The van der Waals surface area contributed by atoms with Gasteiger partial charge in [-0.2, -0.15) is 9.97 Å². The van der Waals surface area contributed by atoms with E-state index in [1.807, 2.05) is 4.90 Å². The Kier molecular flexibility index (Phi) is 5.84. The number of anilines is 2. The SMILES string of the molecule is C#Cc1c(F)ccc2cc(N)cc(-c3ncc4c(N5CCCO[C@H]6[C@H](F)[C@H]65)nc(OC[C@]56CC7(CC7)CN5CCC65CC5)nc4c3F)c12. The van der Waals surface area contributed by atoms with Crippen LogP contribution in [-0.4, -0.2) is 76.6 Å². The van der Waals surface area contributed by atoms with Crippen molar-refractivity contribution in [3.8, 4) is 29.6 Å². The summed E-state index contributed by atoms with van der Waals surface area (Å²) in [5.74, 6) is 1.44. The van der Waals surface area contributed by atoms with E-state index in [0.29, 0.717) is 59.3 Å². The first-order valence-electron chi connectivity index (χ1n) is 17.0. The minimum Gasteiger partial charge on any atom is -0.461 e. The van der Waals surface area contributed by atoms with E-state index in [0.717, 1.165) is 19.5 Å². The van der Waals surface area contributed by atoms with Gasteiger partial charge in [0.15, 0.2) is 12.0 Å². The molecule has 5 heterocycles. The predicted molar refractivity (Wildman–Crippen MR) is 175 cm³/mol. The average molecular weight is 653 g/mol. The molecule has 2 aromatic heterocycles. The van der Waals surface area contributed by atoms with Crippen molar-refractivity contribution in [1.29, 1.82) is 0 Å². The molecule has 4 aromatic rings. The zero-order valence-electron chi connectivity index (χ0n) is 26.4. The van der Waals surface area contributed by atoms with Crippen molar-refractivity contribution >= 4 is 33.2 Å². The first-order chi connectivity index (χ1) is 23.3. The van der Waals surface area contributed by atoms with Crippen LogP contribution in [0.2, 0.25) is 0 Å². The van der Waals surface area contributed by atoms with Gasteiger partial charge in [-0.05, 0) is 85.9 Å². The minimum absolute atomic E-state index is 0.00565. The van der Waals surface area contributed by atoms with Crippen LogP contribution in [0.4, 0.5) is 24.7 Å². The molecule has 0 radical (unpaired) electrons. The van der Waals surface area contributed by atoms with Crippen LogP contribution >= 0.6 is 0 Å². The molecule has 2 N–H and O–H groups in total. The van der Waals surface area contributed by atoms with Crippen molar-refractivity contribution in [3.63, 3.8) is 0 Å². The molecule has 0 unspecified atom stereocenters. The Morgan fingerprint density at radius 2 is 1.96 bits per heavy atom.